The maximum Gasteiger partial charge on any atom is 0.368 e. The van der Waals surface area contributed by atoms with Gasteiger partial charge in [0.1, 0.15) is 12.4 Å². The van der Waals surface area contributed by atoms with Crippen LogP contribution in [0.5, 0.6) is 5.75 Å². The zero-order chi connectivity index (χ0) is 18.5. The van der Waals surface area contributed by atoms with Crippen LogP contribution in [0.15, 0.2) is 53.3 Å². The van der Waals surface area contributed by atoms with E-state index in [0.29, 0.717) is 12.3 Å². The predicted octanol–water partition coefficient (Wildman–Crippen LogP) is 3.14. The van der Waals surface area contributed by atoms with Gasteiger partial charge in [-0.05, 0) is 47.0 Å². The van der Waals surface area contributed by atoms with Crippen LogP contribution >= 0.6 is 0 Å². The number of benzene rings is 2. The molecule has 134 valence electrons. The van der Waals surface area contributed by atoms with Gasteiger partial charge in [-0.2, -0.15) is 9.36 Å². The Balaban J connectivity index is 2.04. The number of allylic oxidation sites excluding steroid dienone is 1. The molecule has 0 saturated heterocycles. The highest BCUT2D eigenvalue weighted by Gasteiger charge is 2.14. The fourth-order valence-electron chi connectivity index (χ4n) is 2.83. The largest absolute Gasteiger partial charge is 0.489 e. The molecular weight excluding hydrogens is 328 g/mol. The Morgan fingerprint density at radius 2 is 1.92 bits per heavy atom. The smallest absolute Gasteiger partial charge is 0.368 e. The van der Waals surface area contributed by atoms with Crippen LogP contribution in [-0.4, -0.2) is 19.8 Å². The lowest BCUT2D eigenvalue weighted by Crippen LogP contribution is -2.23. The summed E-state index contributed by atoms with van der Waals surface area (Å²) in [4.78, 5) is 12.3. The van der Waals surface area contributed by atoms with Crippen molar-refractivity contribution >= 4 is 6.08 Å². The Labute approximate surface area is 152 Å². The number of hydrogen-bond acceptors (Lipinski definition) is 4. The first-order valence-electron chi connectivity index (χ1n) is 8.60. The number of nitrogens with zero attached hydrogens (tertiary/aromatic N) is 4. The molecule has 0 unspecified atom stereocenters. The third-order valence-electron chi connectivity index (χ3n) is 4.21. The van der Waals surface area contributed by atoms with E-state index in [9.17, 15) is 4.79 Å². The maximum absolute atomic E-state index is 12.3. The first-order valence-corrected chi connectivity index (χ1v) is 8.60. The first-order chi connectivity index (χ1) is 12.7. The molecule has 0 aliphatic carbocycles. The fraction of sp³-hybridized carbons (Fsp3) is 0.250. The van der Waals surface area contributed by atoms with Crippen LogP contribution in [0.25, 0.3) is 11.8 Å². The molecule has 0 saturated carbocycles. The summed E-state index contributed by atoms with van der Waals surface area (Å²) in [6, 6.07) is 13.7. The van der Waals surface area contributed by atoms with Crippen molar-refractivity contribution in [2.24, 2.45) is 7.05 Å². The van der Waals surface area contributed by atoms with Crippen LogP contribution in [0, 0.1) is 0 Å². The summed E-state index contributed by atoms with van der Waals surface area (Å²) in [5.74, 6) is 0.850. The Kier molecular flexibility index (Phi) is 5.31. The molecule has 6 heteroatoms. The number of rotatable bonds is 6. The third kappa shape index (κ3) is 3.44. The van der Waals surface area contributed by atoms with E-state index < -0.39 is 0 Å². The molecular formula is C20H22N4O2. The van der Waals surface area contributed by atoms with Crippen molar-refractivity contribution < 1.29 is 4.74 Å². The van der Waals surface area contributed by atoms with Crippen LogP contribution in [0.1, 0.15) is 30.5 Å². The lowest BCUT2D eigenvalue weighted by molar-refractivity contribution is 0.302. The molecule has 6 nitrogen and oxygen atoms in total. The number of tetrazole rings is 1. The molecule has 0 bridgehead atoms. The molecule has 0 spiro atoms. The van der Waals surface area contributed by atoms with Crippen molar-refractivity contribution in [2.75, 3.05) is 0 Å². The van der Waals surface area contributed by atoms with Gasteiger partial charge in [0.25, 0.3) is 0 Å². The molecule has 3 aromatic rings. The molecule has 0 atom stereocenters. The summed E-state index contributed by atoms with van der Waals surface area (Å²) in [7, 11) is 1.58. The lowest BCUT2D eigenvalue weighted by Gasteiger charge is -2.15. The van der Waals surface area contributed by atoms with Crippen LogP contribution in [0.2, 0.25) is 0 Å². The second kappa shape index (κ2) is 7.82. The number of ether oxygens (including phenoxy) is 1. The molecule has 26 heavy (non-hydrogen) atoms. The SMILES string of the molecule is C/C=C/c1cccc(-n2nnn(C)c2=O)c1COc1ccccc1CC. The van der Waals surface area contributed by atoms with E-state index in [-0.39, 0.29) is 5.69 Å². The summed E-state index contributed by atoms with van der Waals surface area (Å²) in [6.07, 6.45) is 4.85. The van der Waals surface area contributed by atoms with Crippen LogP contribution in [0.4, 0.5) is 0 Å². The summed E-state index contributed by atoms with van der Waals surface area (Å²) >= 11 is 0. The second-order valence-electron chi connectivity index (χ2n) is 5.89. The molecule has 1 aromatic heterocycles. The highest BCUT2D eigenvalue weighted by atomic mass is 16.5. The first kappa shape index (κ1) is 17.7. The second-order valence-corrected chi connectivity index (χ2v) is 5.89. The highest BCUT2D eigenvalue weighted by Crippen LogP contribution is 2.24. The molecule has 1 heterocycles. The van der Waals surface area contributed by atoms with Crippen LogP contribution in [-0.2, 0) is 20.1 Å². The molecule has 0 N–H and O–H groups in total. The topological polar surface area (TPSA) is 61.9 Å². The van der Waals surface area contributed by atoms with E-state index in [1.807, 2.05) is 55.5 Å². The molecule has 0 fully saturated rings. The van der Waals surface area contributed by atoms with Gasteiger partial charge < -0.3 is 4.74 Å². The molecule has 3 rings (SSSR count). The molecule has 2 aromatic carbocycles. The minimum atomic E-state index is -0.294. The van der Waals surface area contributed by atoms with Crippen molar-refractivity contribution in [3.8, 4) is 11.4 Å². The lowest BCUT2D eigenvalue weighted by atomic mass is 10.1. The van der Waals surface area contributed by atoms with Gasteiger partial charge in [-0.1, -0.05) is 49.4 Å². The van der Waals surface area contributed by atoms with Gasteiger partial charge in [0.2, 0.25) is 0 Å². The van der Waals surface area contributed by atoms with Gasteiger partial charge in [-0.15, -0.1) is 0 Å². The van der Waals surface area contributed by atoms with Crippen molar-refractivity contribution in [1.29, 1.82) is 0 Å². The van der Waals surface area contributed by atoms with Crippen molar-refractivity contribution in [3.05, 3.63) is 75.7 Å². The van der Waals surface area contributed by atoms with Crippen molar-refractivity contribution in [2.45, 2.75) is 26.9 Å². The number of aryl methyl sites for hydroxylation is 2. The number of para-hydroxylation sites is 1. The molecule has 0 amide bonds. The Bertz CT molecular complexity index is 985. The minimum absolute atomic E-state index is 0.294. The number of hydrogen-bond donors (Lipinski definition) is 0. The zero-order valence-corrected chi connectivity index (χ0v) is 15.2. The van der Waals surface area contributed by atoms with Crippen molar-refractivity contribution in [3.63, 3.8) is 0 Å². The Morgan fingerprint density at radius 3 is 2.62 bits per heavy atom. The standard InChI is InChI=1S/C20H22N4O2/c1-4-9-16-11-8-12-18(24-20(25)23(3)21-22-24)17(16)14-26-19-13-7-6-10-15(19)5-2/h4,6-13H,5,14H2,1-3H3/b9-4+. The molecule has 0 radical (unpaired) electrons. The van der Waals surface area contributed by atoms with E-state index in [1.54, 1.807) is 7.05 Å². The van der Waals surface area contributed by atoms with Crippen LogP contribution in [0.3, 0.4) is 0 Å². The highest BCUT2D eigenvalue weighted by molar-refractivity contribution is 5.59. The zero-order valence-electron chi connectivity index (χ0n) is 15.2. The number of aromatic nitrogens is 4. The average molecular weight is 350 g/mol. The predicted molar refractivity (Wildman–Crippen MR) is 101 cm³/mol. The normalized spacial score (nSPS) is 11.2. The van der Waals surface area contributed by atoms with Gasteiger partial charge in [0, 0.05) is 12.6 Å². The van der Waals surface area contributed by atoms with E-state index in [1.165, 1.54) is 9.36 Å². The minimum Gasteiger partial charge on any atom is -0.489 e. The summed E-state index contributed by atoms with van der Waals surface area (Å²) < 4.78 is 8.62. The van der Waals surface area contributed by atoms with Gasteiger partial charge in [-0.25, -0.2) is 4.79 Å². The summed E-state index contributed by atoms with van der Waals surface area (Å²) in [6.45, 7) is 4.38. The van der Waals surface area contributed by atoms with Gasteiger partial charge >= 0.3 is 5.69 Å². The average Bonchev–Trinajstić information content (AvgIpc) is 2.99. The summed E-state index contributed by atoms with van der Waals surface area (Å²) in [5, 5.41) is 7.79. The fourth-order valence-corrected chi connectivity index (χ4v) is 2.83. The van der Waals surface area contributed by atoms with Gasteiger partial charge in [-0.3, -0.25) is 0 Å². The van der Waals surface area contributed by atoms with Crippen molar-refractivity contribution in [1.82, 2.24) is 19.8 Å². The van der Waals surface area contributed by atoms with E-state index in [2.05, 4.69) is 23.4 Å². The Hall–Kier alpha value is -3.15. The summed E-state index contributed by atoms with van der Waals surface area (Å²) in [5.41, 5.74) is 3.40. The van der Waals surface area contributed by atoms with Crippen LogP contribution < -0.4 is 10.4 Å². The third-order valence-corrected chi connectivity index (χ3v) is 4.21. The van der Waals surface area contributed by atoms with E-state index >= 15 is 0 Å². The van der Waals surface area contributed by atoms with E-state index in [4.69, 9.17) is 4.74 Å². The quantitative estimate of drug-likeness (QED) is 0.685. The van der Waals surface area contributed by atoms with Gasteiger partial charge in [0.05, 0.1) is 5.69 Å². The Morgan fingerprint density at radius 1 is 1.12 bits per heavy atom. The monoisotopic (exact) mass is 350 g/mol. The maximum atomic E-state index is 12.3. The van der Waals surface area contributed by atoms with E-state index in [0.717, 1.165) is 28.9 Å². The molecule has 0 aliphatic rings. The van der Waals surface area contributed by atoms with Gasteiger partial charge in [0.15, 0.2) is 0 Å². The molecule has 0 aliphatic heterocycles.